The number of hydrogen-bond acceptors (Lipinski definition) is 3. The van der Waals surface area contributed by atoms with Crippen molar-refractivity contribution in [2.24, 2.45) is 0 Å². The molecule has 0 spiro atoms. The molecule has 0 atom stereocenters. The van der Waals surface area contributed by atoms with E-state index in [0.717, 1.165) is 29.5 Å². The average molecular weight is 231 g/mol. The SMILES string of the molecule is CCNc1nccn1-c1ccc(OC)c(C)c1. The molecule has 1 aromatic heterocycles. The molecule has 2 aromatic rings. The second-order valence-corrected chi connectivity index (χ2v) is 3.81. The molecule has 0 radical (unpaired) electrons. The first-order chi connectivity index (χ1) is 8.26. The summed E-state index contributed by atoms with van der Waals surface area (Å²) in [6, 6.07) is 6.08. The summed E-state index contributed by atoms with van der Waals surface area (Å²) in [6.45, 7) is 4.94. The van der Waals surface area contributed by atoms with Crippen LogP contribution in [0.2, 0.25) is 0 Å². The Kier molecular flexibility index (Phi) is 3.32. The van der Waals surface area contributed by atoms with Crippen molar-refractivity contribution >= 4 is 5.95 Å². The second-order valence-electron chi connectivity index (χ2n) is 3.81. The molecule has 1 N–H and O–H groups in total. The number of nitrogens with one attached hydrogen (secondary N) is 1. The van der Waals surface area contributed by atoms with Crippen LogP contribution in [0, 0.1) is 6.92 Å². The lowest BCUT2D eigenvalue weighted by molar-refractivity contribution is 0.411. The highest BCUT2D eigenvalue weighted by atomic mass is 16.5. The standard InChI is InChI=1S/C13H17N3O/c1-4-14-13-15-7-8-16(13)11-5-6-12(17-3)10(2)9-11/h5-9H,4H2,1-3H3,(H,14,15). The number of aryl methyl sites for hydroxylation is 1. The molecule has 4 nitrogen and oxygen atoms in total. The Balaban J connectivity index is 2.39. The van der Waals surface area contributed by atoms with Crippen LogP contribution in [0.5, 0.6) is 5.75 Å². The van der Waals surface area contributed by atoms with E-state index in [1.807, 2.05) is 29.8 Å². The van der Waals surface area contributed by atoms with Gasteiger partial charge in [0.05, 0.1) is 7.11 Å². The number of rotatable bonds is 4. The summed E-state index contributed by atoms with van der Waals surface area (Å²) in [4.78, 5) is 4.28. The first-order valence-electron chi connectivity index (χ1n) is 5.68. The highest BCUT2D eigenvalue weighted by Gasteiger charge is 2.05. The van der Waals surface area contributed by atoms with Crippen molar-refractivity contribution in [3.8, 4) is 11.4 Å². The Morgan fingerprint density at radius 1 is 1.41 bits per heavy atom. The van der Waals surface area contributed by atoms with Gasteiger partial charge in [-0.3, -0.25) is 4.57 Å². The quantitative estimate of drug-likeness (QED) is 0.879. The zero-order valence-corrected chi connectivity index (χ0v) is 10.4. The van der Waals surface area contributed by atoms with Crippen molar-refractivity contribution in [1.82, 2.24) is 9.55 Å². The molecule has 0 aliphatic rings. The van der Waals surface area contributed by atoms with Gasteiger partial charge in [-0.1, -0.05) is 0 Å². The maximum atomic E-state index is 5.25. The number of hydrogen-bond donors (Lipinski definition) is 1. The van der Waals surface area contributed by atoms with E-state index in [0.29, 0.717) is 0 Å². The molecule has 2 rings (SSSR count). The third kappa shape index (κ3) is 2.25. The topological polar surface area (TPSA) is 39.1 Å². The minimum Gasteiger partial charge on any atom is -0.496 e. The molecular weight excluding hydrogens is 214 g/mol. The molecule has 1 aromatic carbocycles. The van der Waals surface area contributed by atoms with Crippen LogP contribution >= 0.6 is 0 Å². The predicted octanol–water partition coefficient (Wildman–Crippen LogP) is 2.62. The van der Waals surface area contributed by atoms with Crippen molar-refractivity contribution in [1.29, 1.82) is 0 Å². The van der Waals surface area contributed by atoms with Gasteiger partial charge in [-0.15, -0.1) is 0 Å². The number of imidazole rings is 1. The fraction of sp³-hybridized carbons (Fsp3) is 0.308. The highest BCUT2D eigenvalue weighted by Crippen LogP contribution is 2.22. The van der Waals surface area contributed by atoms with Gasteiger partial charge in [0.1, 0.15) is 5.75 Å². The number of benzene rings is 1. The van der Waals surface area contributed by atoms with Gasteiger partial charge >= 0.3 is 0 Å². The maximum Gasteiger partial charge on any atom is 0.207 e. The van der Waals surface area contributed by atoms with Crippen molar-refractivity contribution in [2.75, 3.05) is 19.0 Å². The summed E-state index contributed by atoms with van der Waals surface area (Å²) in [5.41, 5.74) is 2.19. The third-order valence-electron chi connectivity index (χ3n) is 2.63. The van der Waals surface area contributed by atoms with Crippen LogP contribution in [0.25, 0.3) is 5.69 Å². The molecule has 90 valence electrons. The minimum atomic E-state index is 0.853. The lowest BCUT2D eigenvalue weighted by Crippen LogP contribution is -2.05. The predicted molar refractivity (Wildman–Crippen MR) is 69.0 cm³/mol. The van der Waals surface area contributed by atoms with Crippen LogP contribution in [0.4, 0.5) is 5.95 Å². The van der Waals surface area contributed by atoms with Gasteiger partial charge < -0.3 is 10.1 Å². The molecule has 0 bridgehead atoms. The zero-order chi connectivity index (χ0) is 12.3. The van der Waals surface area contributed by atoms with E-state index in [1.54, 1.807) is 13.3 Å². The van der Waals surface area contributed by atoms with E-state index in [1.165, 1.54) is 0 Å². The number of ether oxygens (including phenoxy) is 1. The van der Waals surface area contributed by atoms with Crippen LogP contribution in [0.3, 0.4) is 0 Å². The van der Waals surface area contributed by atoms with Gasteiger partial charge in [0.2, 0.25) is 5.95 Å². The molecule has 17 heavy (non-hydrogen) atoms. The van der Waals surface area contributed by atoms with E-state index in [9.17, 15) is 0 Å². The van der Waals surface area contributed by atoms with Crippen LogP contribution in [0.1, 0.15) is 12.5 Å². The highest BCUT2D eigenvalue weighted by molar-refractivity contribution is 5.47. The molecule has 0 fully saturated rings. The Morgan fingerprint density at radius 3 is 2.88 bits per heavy atom. The number of nitrogens with zero attached hydrogens (tertiary/aromatic N) is 2. The van der Waals surface area contributed by atoms with Crippen molar-refractivity contribution in [3.05, 3.63) is 36.2 Å². The molecule has 0 unspecified atom stereocenters. The van der Waals surface area contributed by atoms with E-state index in [-0.39, 0.29) is 0 Å². The lowest BCUT2D eigenvalue weighted by atomic mass is 10.2. The normalized spacial score (nSPS) is 10.3. The fourth-order valence-electron chi connectivity index (χ4n) is 1.81. The summed E-state index contributed by atoms with van der Waals surface area (Å²) in [5, 5.41) is 3.22. The Morgan fingerprint density at radius 2 is 2.24 bits per heavy atom. The van der Waals surface area contributed by atoms with Gasteiger partial charge in [0.15, 0.2) is 0 Å². The monoisotopic (exact) mass is 231 g/mol. The van der Waals surface area contributed by atoms with Crippen molar-refractivity contribution in [2.45, 2.75) is 13.8 Å². The van der Waals surface area contributed by atoms with Crippen molar-refractivity contribution < 1.29 is 4.74 Å². The number of anilines is 1. The fourth-order valence-corrected chi connectivity index (χ4v) is 1.81. The molecule has 0 amide bonds. The van der Waals surface area contributed by atoms with Crippen LogP contribution in [-0.2, 0) is 0 Å². The van der Waals surface area contributed by atoms with Crippen LogP contribution in [-0.4, -0.2) is 23.2 Å². The molecule has 1 heterocycles. The van der Waals surface area contributed by atoms with E-state index in [4.69, 9.17) is 4.74 Å². The lowest BCUT2D eigenvalue weighted by Gasteiger charge is -2.11. The van der Waals surface area contributed by atoms with Crippen molar-refractivity contribution in [3.63, 3.8) is 0 Å². The maximum absolute atomic E-state index is 5.25. The Bertz CT molecular complexity index is 505. The molecule has 0 saturated carbocycles. The van der Waals surface area contributed by atoms with Gasteiger partial charge in [-0.05, 0) is 37.6 Å². The molecule has 0 aliphatic carbocycles. The molecule has 0 aliphatic heterocycles. The smallest absolute Gasteiger partial charge is 0.207 e. The first-order valence-corrected chi connectivity index (χ1v) is 5.68. The van der Waals surface area contributed by atoms with E-state index >= 15 is 0 Å². The zero-order valence-electron chi connectivity index (χ0n) is 10.4. The van der Waals surface area contributed by atoms with Gasteiger partial charge in [-0.2, -0.15) is 0 Å². The molecule has 4 heteroatoms. The average Bonchev–Trinajstić information content (AvgIpc) is 2.78. The van der Waals surface area contributed by atoms with E-state index < -0.39 is 0 Å². The summed E-state index contributed by atoms with van der Waals surface area (Å²) >= 11 is 0. The third-order valence-corrected chi connectivity index (χ3v) is 2.63. The van der Waals surface area contributed by atoms with E-state index in [2.05, 4.69) is 23.3 Å². The van der Waals surface area contributed by atoms with Crippen LogP contribution in [0.15, 0.2) is 30.6 Å². The summed E-state index contributed by atoms with van der Waals surface area (Å²) in [5.74, 6) is 1.76. The first kappa shape index (κ1) is 11.5. The summed E-state index contributed by atoms with van der Waals surface area (Å²) in [7, 11) is 1.68. The summed E-state index contributed by atoms with van der Waals surface area (Å²) < 4.78 is 7.28. The second kappa shape index (κ2) is 4.91. The Hall–Kier alpha value is -1.97. The number of methoxy groups -OCH3 is 1. The Labute approximate surface area is 101 Å². The van der Waals surface area contributed by atoms with Gasteiger partial charge in [0, 0.05) is 24.6 Å². The van der Waals surface area contributed by atoms with Gasteiger partial charge in [-0.25, -0.2) is 4.98 Å². The number of aromatic nitrogens is 2. The minimum absolute atomic E-state index is 0.853. The molecular formula is C13H17N3O. The van der Waals surface area contributed by atoms with Crippen LogP contribution < -0.4 is 10.1 Å². The van der Waals surface area contributed by atoms with Gasteiger partial charge in [0.25, 0.3) is 0 Å². The largest absolute Gasteiger partial charge is 0.496 e. The summed E-state index contributed by atoms with van der Waals surface area (Å²) in [6.07, 6.45) is 3.73. The molecule has 0 saturated heterocycles.